The molecule has 0 heterocycles. The minimum Gasteiger partial charge on any atom is -0.490 e. The minimum atomic E-state index is -0.147. The smallest absolute Gasteiger partial charge is 0.243 e. The summed E-state index contributed by atoms with van der Waals surface area (Å²) in [7, 11) is 0. The van der Waals surface area contributed by atoms with Gasteiger partial charge in [-0.25, -0.2) is 0 Å². The summed E-state index contributed by atoms with van der Waals surface area (Å²) in [5.74, 6) is 1.38. The summed E-state index contributed by atoms with van der Waals surface area (Å²) in [5.41, 5.74) is 2.50. The van der Waals surface area contributed by atoms with Gasteiger partial charge in [-0.3, -0.25) is 4.79 Å². The van der Waals surface area contributed by atoms with Crippen LogP contribution in [0.1, 0.15) is 5.56 Å². The molecule has 0 unspecified atom stereocenters. The van der Waals surface area contributed by atoms with Gasteiger partial charge >= 0.3 is 0 Å². The molecular formula is C23H23ClN2O3. The molecule has 3 aromatic carbocycles. The van der Waals surface area contributed by atoms with E-state index in [9.17, 15) is 4.79 Å². The van der Waals surface area contributed by atoms with E-state index in [1.165, 1.54) is 0 Å². The van der Waals surface area contributed by atoms with Crippen molar-refractivity contribution in [3.05, 3.63) is 83.4 Å². The lowest BCUT2D eigenvalue weighted by molar-refractivity contribution is -0.114. The monoisotopic (exact) mass is 410 g/mol. The normalized spacial score (nSPS) is 10.3. The second-order valence-electron chi connectivity index (χ2n) is 6.40. The molecule has 0 atom stereocenters. The van der Waals surface area contributed by atoms with Crippen LogP contribution in [-0.2, 0) is 4.79 Å². The average Bonchev–Trinajstić information content (AvgIpc) is 2.74. The lowest BCUT2D eigenvalue weighted by Crippen LogP contribution is -2.21. The minimum absolute atomic E-state index is 0.147. The van der Waals surface area contributed by atoms with Crippen LogP contribution in [0.5, 0.6) is 11.5 Å². The fraction of sp³-hybridized carbons (Fsp3) is 0.174. The molecule has 1 amide bonds. The number of hydrogen-bond donors (Lipinski definition) is 2. The lowest BCUT2D eigenvalue weighted by atomic mass is 10.2. The third kappa shape index (κ3) is 6.73. The third-order valence-corrected chi connectivity index (χ3v) is 4.53. The molecule has 0 aromatic heterocycles. The second kappa shape index (κ2) is 10.4. The van der Waals surface area contributed by atoms with Crippen LogP contribution in [-0.4, -0.2) is 25.7 Å². The maximum absolute atomic E-state index is 12.1. The van der Waals surface area contributed by atoms with Crippen LogP contribution in [0, 0.1) is 6.92 Å². The topological polar surface area (TPSA) is 59.6 Å². The van der Waals surface area contributed by atoms with Gasteiger partial charge < -0.3 is 20.1 Å². The van der Waals surface area contributed by atoms with Gasteiger partial charge in [0.25, 0.3) is 0 Å². The highest BCUT2D eigenvalue weighted by Crippen LogP contribution is 2.20. The van der Waals surface area contributed by atoms with Crippen molar-refractivity contribution in [2.45, 2.75) is 6.92 Å². The molecule has 150 valence electrons. The fourth-order valence-corrected chi connectivity index (χ4v) is 2.74. The zero-order valence-corrected chi connectivity index (χ0v) is 16.9. The number of benzene rings is 3. The first kappa shape index (κ1) is 20.6. The highest BCUT2D eigenvalue weighted by molar-refractivity contribution is 6.31. The second-order valence-corrected chi connectivity index (χ2v) is 6.81. The molecule has 0 spiro atoms. The molecule has 0 bridgehead atoms. The number of aryl methyl sites for hydroxylation is 1. The van der Waals surface area contributed by atoms with Crippen molar-refractivity contribution in [1.82, 2.24) is 0 Å². The van der Waals surface area contributed by atoms with Gasteiger partial charge in [0, 0.05) is 16.4 Å². The molecule has 2 N–H and O–H groups in total. The Hall–Kier alpha value is -3.18. The molecule has 0 saturated heterocycles. The summed E-state index contributed by atoms with van der Waals surface area (Å²) in [5, 5.41) is 6.56. The number of carbonyl (C=O) groups excluding carboxylic acids is 1. The number of ether oxygens (including phenoxy) is 2. The summed E-state index contributed by atoms with van der Waals surface area (Å²) in [6.07, 6.45) is 0. The highest BCUT2D eigenvalue weighted by Gasteiger charge is 2.04. The van der Waals surface area contributed by atoms with Gasteiger partial charge in [-0.05, 0) is 61.0 Å². The van der Waals surface area contributed by atoms with Crippen molar-refractivity contribution in [3.8, 4) is 11.5 Å². The third-order valence-electron chi connectivity index (χ3n) is 4.13. The Labute approximate surface area is 175 Å². The van der Waals surface area contributed by atoms with Gasteiger partial charge in [-0.2, -0.15) is 0 Å². The van der Waals surface area contributed by atoms with Gasteiger partial charge in [0.1, 0.15) is 24.7 Å². The number of amides is 1. The molecule has 0 fully saturated rings. The van der Waals surface area contributed by atoms with Gasteiger partial charge in [0.15, 0.2) is 0 Å². The van der Waals surface area contributed by atoms with Crippen LogP contribution < -0.4 is 20.1 Å². The molecule has 0 radical (unpaired) electrons. The van der Waals surface area contributed by atoms with Gasteiger partial charge in [0.2, 0.25) is 5.91 Å². The van der Waals surface area contributed by atoms with Crippen molar-refractivity contribution in [1.29, 1.82) is 0 Å². The van der Waals surface area contributed by atoms with E-state index in [-0.39, 0.29) is 12.5 Å². The van der Waals surface area contributed by atoms with E-state index in [1.807, 2.05) is 61.5 Å². The Morgan fingerprint density at radius 3 is 2.14 bits per heavy atom. The van der Waals surface area contributed by atoms with Gasteiger partial charge in [-0.15, -0.1) is 0 Å². The van der Waals surface area contributed by atoms with E-state index in [0.717, 1.165) is 17.0 Å². The fourth-order valence-electron chi connectivity index (χ4n) is 2.56. The Morgan fingerprint density at radius 2 is 1.48 bits per heavy atom. The van der Waals surface area contributed by atoms with Crippen molar-refractivity contribution in [3.63, 3.8) is 0 Å². The van der Waals surface area contributed by atoms with E-state index in [0.29, 0.717) is 29.7 Å². The van der Waals surface area contributed by atoms with Crippen LogP contribution in [0.3, 0.4) is 0 Å². The van der Waals surface area contributed by atoms with Crippen LogP contribution >= 0.6 is 11.6 Å². The summed E-state index contributed by atoms with van der Waals surface area (Å²) >= 11 is 6.09. The summed E-state index contributed by atoms with van der Waals surface area (Å²) in [6.45, 7) is 2.97. The Morgan fingerprint density at radius 1 is 0.862 bits per heavy atom. The molecule has 3 rings (SSSR count). The van der Waals surface area contributed by atoms with Gasteiger partial charge in [0.05, 0.1) is 6.54 Å². The standard InChI is InChI=1S/C23H23ClN2O3/c1-17-7-8-19(15-22(17)24)25-16-23(27)26-18-9-11-21(12-10-18)29-14-13-28-20-5-3-2-4-6-20/h2-12,15,25H,13-14,16H2,1H3,(H,26,27). The zero-order valence-electron chi connectivity index (χ0n) is 16.2. The summed E-state index contributed by atoms with van der Waals surface area (Å²) in [4.78, 5) is 12.1. The molecule has 0 aliphatic rings. The first-order valence-corrected chi connectivity index (χ1v) is 9.68. The Balaban J connectivity index is 1.39. The Bertz CT molecular complexity index is 931. The Kier molecular flexibility index (Phi) is 7.36. The molecule has 0 aliphatic heterocycles. The van der Waals surface area contributed by atoms with Crippen molar-refractivity contribution < 1.29 is 14.3 Å². The number of nitrogens with one attached hydrogen (secondary N) is 2. The van der Waals surface area contributed by atoms with E-state index in [4.69, 9.17) is 21.1 Å². The van der Waals surface area contributed by atoms with Gasteiger partial charge in [-0.1, -0.05) is 35.9 Å². The first-order valence-electron chi connectivity index (χ1n) is 9.31. The number of hydrogen-bond acceptors (Lipinski definition) is 4. The molecular weight excluding hydrogens is 388 g/mol. The van der Waals surface area contributed by atoms with E-state index >= 15 is 0 Å². The lowest BCUT2D eigenvalue weighted by Gasteiger charge is -2.10. The molecule has 5 nitrogen and oxygen atoms in total. The van der Waals surface area contributed by atoms with Crippen LogP contribution in [0.4, 0.5) is 11.4 Å². The SMILES string of the molecule is Cc1ccc(NCC(=O)Nc2ccc(OCCOc3ccccc3)cc2)cc1Cl. The number of rotatable bonds is 9. The van der Waals surface area contributed by atoms with Crippen molar-refractivity contribution >= 4 is 28.9 Å². The predicted octanol–water partition coefficient (Wildman–Crippen LogP) is 5.16. The van der Waals surface area contributed by atoms with E-state index < -0.39 is 0 Å². The first-order chi connectivity index (χ1) is 14.1. The summed E-state index contributed by atoms with van der Waals surface area (Å²) in [6, 6.07) is 22.4. The van der Waals surface area contributed by atoms with Crippen molar-refractivity contribution in [2.75, 3.05) is 30.4 Å². The molecule has 0 aliphatic carbocycles. The number of anilines is 2. The van der Waals surface area contributed by atoms with Crippen LogP contribution in [0.25, 0.3) is 0 Å². The maximum Gasteiger partial charge on any atom is 0.243 e. The molecule has 0 saturated carbocycles. The maximum atomic E-state index is 12.1. The quantitative estimate of drug-likeness (QED) is 0.478. The number of halogens is 1. The largest absolute Gasteiger partial charge is 0.490 e. The van der Waals surface area contributed by atoms with Crippen LogP contribution in [0.15, 0.2) is 72.8 Å². The average molecular weight is 411 g/mol. The number of para-hydroxylation sites is 1. The van der Waals surface area contributed by atoms with Crippen LogP contribution in [0.2, 0.25) is 5.02 Å². The molecule has 3 aromatic rings. The van der Waals surface area contributed by atoms with E-state index in [2.05, 4.69) is 10.6 Å². The van der Waals surface area contributed by atoms with E-state index in [1.54, 1.807) is 18.2 Å². The summed E-state index contributed by atoms with van der Waals surface area (Å²) < 4.78 is 11.2. The number of carbonyl (C=O) groups is 1. The molecule has 6 heteroatoms. The molecule has 29 heavy (non-hydrogen) atoms. The van der Waals surface area contributed by atoms with Crippen molar-refractivity contribution in [2.24, 2.45) is 0 Å². The zero-order chi connectivity index (χ0) is 20.5. The highest BCUT2D eigenvalue weighted by atomic mass is 35.5. The predicted molar refractivity (Wildman–Crippen MR) is 117 cm³/mol.